The number of carbonyl (C=O) groups excluding carboxylic acids is 1. The fourth-order valence-corrected chi connectivity index (χ4v) is 2.35. The number of pyridine rings is 1. The summed E-state index contributed by atoms with van der Waals surface area (Å²) in [5, 5.41) is 14.7. The standard InChI is InChI=1S/C18H21F2N3O2/c19-15-5-4-14(17(20)10-15)6-8-22-18(25)23-11-13(12-24)9-16-3-1-2-7-21-16/h1-5,7,10,13,24H,6,8-9,11-12H2,(H2,22,23,25). The normalized spacial score (nSPS) is 11.8. The number of rotatable bonds is 8. The molecule has 0 aliphatic rings. The lowest BCUT2D eigenvalue weighted by Gasteiger charge is -2.15. The molecular weight excluding hydrogens is 328 g/mol. The molecule has 1 unspecified atom stereocenters. The first-order valence-electron chi connectivity index (χ1n) is 8.05. The zero-order chi connectivity index (χ0) is 18.1. The van der Waals surface area contributed by atoms with E-state index in [1.807, 2.05) is 18.2 Å². The highest BCUT2D eigenvalue weighted by Crippen LogP contribution is 2.09. The molecule has 0 spiro atoms. The number of halogens is 2. The summed E-state index contributed by atoms with van der Waals surface area (Å²) in [6.45, 7) is 0.444. The van der Waals surface area contributed by atoms with Gasteiger partial charge in [0.05, 0.1) is 0 Å². The van der Waals surface area contributed by atoms with Gasteiger partial charge < -0.3 is 15.7 Å². The van der Waals surface area contributed by atoms with E-state index in [9.17, 15) is 18.7 Å². The van der Waals surface area contributed by atoms with E-state index in [-0.39, 0.29) is 25.5 Å². The van der Waals surface area contributed by atoms with Gasteiger partial charge in [0.25, 0.3) is 0 Å². The van der Waals surface area contributed by atoms with Crippen molar-refractivity contribution in [2.45, 2.75) is 12.8 Å². The summed E-state index contributed by atoms with van der Waals surface area (Å²) in [5.41, 5.74) is 1.18. The highest BCUT2D eigenvalue weighted by atomic mass is 19.1. The molecule has 0 aliphatic heterocycles. The third-order valence-corrected chi connectivity index (χ3v) is 3.73. The Hall–Kier alpha value is -2.54. The largest absolute Gasteiger partial charge is 0.396 e. The number of hydrogen-bond acceptors (Lipinski definition) is 3. The van der Waals surface area contributed by atoms with Gasteiger partial charge in [-0.15, -0.1) is 0 Å². The Balaban J connectivity index is 1.70. The minimum absolute atomic E-state index is 0.0718. The molecule has 1 heterocycles. The van der Waals surface area contributed by atoms with Gasteiger partial charge >= 0.3 is 6.03 Å². The van der Waals surface area contributed by atoms with E-state index in [1.165, 1.54) is 12.1 Å². The Labute approximate surface area is 145 Å². The number of benzene rings is 1. The van der Waals surface area contributed by atoms with Gasteiger partial charge in [-0.05, 0) is 36.6 Å². The van der Waals surface area contributed by atoms with Crippen LogP contribution >= 0.6 is 0 Å². The van der Waals surface area contributed by atoms with E-state index in [4.69, 9.17) is 0 Å². The molecule has 1 aromatic heterocycles. The van der Waals surface area contributed by atoms with Crippen LogP contribution in [-0.4, -0.2) is 35.8 Å². The van der Waals surface area contributed by atoms with Gasteiger partial charge in [-0.25, -0.2) is 13.6 Å². The number of urea groups is 1. The highest BCUT2D eigenvalue weighted by Gasteiger charge is 2.11. The van der Waals surface area contributed by atoms with E-state index in [0.717, 1.165) is 11.8 Å². The summed E-state index contributed by atoms with van der Waals surface area (Å²) < 4.78 is 26.3. The molecule has 2 amide bonds. The van der Waals surface area contributed by atoms with Crippen LogP contribution in [0, 0.1) is 17.6 Å². The van der Waals surface area contributed by atoms with Crippen molar-refractivity contribution in [3.05, 3.63) is 65.5 Å². The summed E-state index contributed by atoms with van der Waals surface area (Å²) >= 11 is 0. The molecule has 1 aromatic carbocycles. The number of carbonyl (C=O) groups is 1. The third kappa shape index (κ3) is 6.46. The van der Waals surface area contributed by atoms with Gasteiger partial charge in [0.2, 0.25) is 0 Å². The minimum atomic E-state index is -0.630. The fourth-order valence-electron chi connectivity index (χ4n) is 2.35. The molecule has 0 aliphatic carbocycles. The van der Waals surface area contributed by atoms with Crippen molar-refractivity contribution in [3.8, 4) is 0 Å². The Morgan fingerprint density at radius 1 is 1.20 bits per heavy atom. The minimum Gasteiger partial charge on any atom is -0.396 e. The van der Waals surface area contributed by atoms with Gasteiger partial charge in [0.1, 0.15) is 11.6 Å². The van der Waals surface area contributed by atoms with E-state index in [0.29, 0.717) is 18.5 Å². The van der Waals surface area contributed by atoms with Crippen molar-refractivity contribution in [2.75, 3.05) is 19.7 Å². The Bertz CT molecular complexity index is 683. The highest BCUT2D eigenvalue weighted by molar-refractivity contribution is 5.73. The van der Waals surface area contributed by atoms with Gasteiger partial charge in [-0.1, -0.05) is 12.1 Å². The van der Waals surface area contributed by atoms with Crippen LogP contribution in [0.2, 0.25) is 0 Å². The van der Waals surface area contributed by atoms with Crippen molar-refractivity contribution >= 4 is 6.03 Å². The maximum absolute atomic E-state index is 13.5. The van der Waals surface area contributed by atoms with Crippen LogP contribution in [-0.2, 0) is 12.8 Å². The van der Waals surface area contributed by atoms with Crippen molar-refractivity contribution in [2.24, 2.45) is 5.92 Å². The number of aliphatic hydroxyl groups excluding tert-OH is 1. The first-order chi connectivity index (χ1) is 12.1. The summed E-state index contributed by atoms with van der Waals surface area (Å²) in [5.74, 6) is -1.40. The third-order valence-electron chi connectivity index (χ3n) is 3.73. The van der Waals surface area contributed by atoms with E-state index in [2.05, 4.69) is 15.6 Å². The molecule has 0 bridgehead atoms. The second kappa shape index (κ2) is 9.68. The molecule has 2 rings (SSSR count). The lowest BCUT2D eigenvalue weighted by atomic mass is 10.0. The zero-order valence-electron chi connectivity index (χ0n) is 13.7. The summed E-state index contributed by atoms with van der Waals surface area (Å²) in [7, 11) is 0. The van der Waals surface area contributed by atoms with Crippen LogP contribution in [0.15, 0.2) is 42.6 Å². The number of nitrogens with zero attached hydrogens (tertiary/aromatic N) is 1. The Morgan fingerprint density at radius 2 is 2.04 bits per heavy atom. The van der Waals surface area contributed by atoms with Crippen LogP contribution in [0.1, 0.15) is 11.3 Å². The molecule has 0 radical (unpaired) electrons. The lowest BCUT2D eigenvalue weighted by Crippen LogP contribution is -2.40. The smallest absolute Gasteiger partial charge is 0.314 e. The topological polar surface area (TPSA) is 74.2 Å². The second-order valence-electron chi connectivity index (χ2n) is 5.70. The van der Waals surface area contributed by atoms with Crippen LogP contribution < -0.4 is 10.6 Å². The van der Waals surface area contributed by atoms with Gasteiger partial charge in [0, 0.05) is 43.6 Å². The van der Waals surface area contributed by atoms with Crippen LogP contribution in [0.3, 0.4) is 0 Å². The fraction of sp³-hybridized carbons (Fsp3) is 0.333. The van der Waals surface area contributed by atoms with Crippen LogP contribution in [0.25, 0.3) is 0 Å². The van der Waals surface area contributed by atoms with Gasteiger partial charge in [-0.2, -0.15) is 0 Å². The summed E-state index contributed by atoms with van der Waals surface area (Å²) in [6, 6.07) is 8.50. The average molecular weight is 349 g/mol. The molecule has 5 nitrogen and oxygen atoms in total. The predicted molar refractivity (Wildman–Crippen MR) is 90.0 cm³/mol. The maximum atomic E-state index is 13.5. The number of nitrogens with one attached hydrogen (secondary N) is 2. The molecular formula is C18H21F2N3O2. The predicted octanol–water partition coefficient (Wildman–Crippen LogP) is 2.05. The Kier molecular flexibility index (Phi) is 7.28. The maximum Gasteiger partial charge on any atom is 0.314 e. The lowest BCUT2D eigenvalue weighted by molar-refractivity contribution is 0.213. The molecule has 0 saturated heterocycles. The van der Waals surface area contributed by atoms with Crippen LogP contribution in [0.4, 0.5) is 13.6 Å². The molecule has 2 aromatic rings. The van der Waals surface area contributed by atoms with Crippen LogP contribution in [0.5, 0.6) is 0 Å². The molecule has 3 N–H and O–H groups in total. The zero-order valence-corrected chi connectivity index (χ0v) is 13.7. The van der Waals surface area contributed by atoms with E-state index in [1.54, 1.807) is 6.20 Å². The molecule has 0 fully saturated rings. The van der Waals surface area contributed by atoms with Crippen molar-refractivity contribution in [1.82, 2.24) is 15.6 Å². The van der Waals surface area contributed by atoms with Crippen molar-refractivity contribution in [1.29, 1.82) is 0 Å². The molecule has 25 heavy (non-hydrogen) atoms. The Morgan fingerprint density at radius 3 is 2.72 bits per heavy atom. The van der Waals surface area contributed by atoms with Crippen molar-refractivity contribution < 1.29 is 18.7 Å². The van der Waals surface area contributed by atoms with Crippen molar-refractivity contribution in [3.63, 3.8) is 0 Å². The van der Waals surface area contributed by atoms with E-state index >= 15 is 0 Å². The van der Waals surface area contributed by atoms with E-state index < -0.39 is 17.7 Å². The SMILES string of the molecule is O=C(NCCc1ccc(F)cc1F)NCC(CO)Cc1ccccn1. The molecule has 7 heteroatoms. The monoisotopic (exact) mass is 349 g/mol. The summed E-state index contributed by atoms with van der Waals surface area (Å²) in [6.07, 6.45) is 2.49. The summed E-state index contributed by atoms with van der Waals surface area (Å²) in [4.78, 5) is 16.0. The second-order valence-corrected chi connectivity index (χ2v) is 5.70. The van der Waals surface area contributed by atoms with Gasteiger partial charge in [-0.3, -0.25) is 4.98 Å². The number of aliphatic hydroxyl groups is 1. The van der Waals surface area contributed by atoms with Gasteiger partial charge in [0.15, 0.2) is 0 Å². The number of hydrogen-bond donors (Lipinski definition) is 3. The molecule has 0 saturated carbocycles. The first kappa shape index (κ1) is 18.8. The molecule has 1 atom stereocenters. The first-order valence-corrected chi connectivity index (χ1v) is 8.05. The average Bonchev–Trinajstić information content (AvgIpc) is 2.61. The molecule has 134 valence electrons. The quantitative estimate of drug-likeness (QED) is 0.683. The number of aromatic nitrogens is 1. The number of amides is 2.